The van der Waals surface area contributed by atoms with Crippen molar-refractivity contribution in [2.24, 2.45) is 0 Å². The van der Waals surface area contributed by atoms with E-state index in [9.17, 15) is 14.4 Å². The van der Waals surface area contributed by atoms with Crippen LogP contribution in [0.3, 0.4) is 0 Å². The number of amides is 3. The van der Waals surface area contributed by atoms with Gasteiger partial charge in [0.15, 0.2) is 0 Å². The van der Waals surface area contributed by atoms with Crippen molar-refractivity contribution in [3.63, 3.8) is 0 Å². The van der Waals surface area contributed by atoms with Gasteiger partial charge < -0.3 is 25.4 Å². The molecular weight excluding hydrogens is 646 g/mol. The number of nitrogens with one attached hydrogen (secondary N) is 4. The maximum Gasteiger partial charge on any atom is 0.251 e. The molecule has 1 saturated heterocycles. The quantitative estimate of drug-likeness (QED) is 0.201. The molecule has 2 aliphatic heterocycles. The van der Waals surface area contributed by atoms with E-state index in [1.807, 2.05) is 6.07 Å². The molecule has 3 atom stereocenters. The Hall–Kier alpha value is -3.54. The molecule has 6 rings (SSSR count). The number of benzene rings is 3. The van der Waals surface area contributed by atoms with Crippen LogP contribution in [-0.2, 0) is 24.5 Å². The molecule has 0 unspecified atom stereocenters. The summed E-state index contributed by atoms with van der Waals surface area (Å²) in [6.07, 6.45) is 3.90. The van der Waals surface area contributed by atoms with Crippen LogP contribution in [0.25, 0.3) is 0 Å². The third kappa shape index (κ3) is 6.02. The Morgan fingerprint density at radius 3 is 2.51 bits per heavy atom. The lowest BCUT2D eigenvalue weighted by Crippen LogP contribution is -2.60. The standard InChI is InChI=1S/C35H37Cl2FN4O5/c1-46-18-19-47-17-16-39-31(43)21-8-11-23(12-9-21)40-32(44)30-28(24-6-5-7-26(37)29(24)38)35(34(42-30)14-3-2-4-15-34)25-13-10-22(36)20-27(25)41-33(35)45/h5-13,20,28,30,42H,2-4,14-19H2,1H3,(H,39,43)(H,40,44)(H,41,45)/t28-,30+,35+/m0/s1. The average molecular weight is 684 g/mol. The smallest absolute Gasteiger partial charge is 0.251 e. The molecule has 3 aliphatic rings. The molecule has 2 heterocycles. The van der Waals surface area contributed by atoms with Crippen LogP contribution in [0.1, 0.15) is 59.5 Å². The summed E-state index contributed by atoms with van der Waals surface area (Å²) in [5.74, 6) is -2.63. The third-order valence-electron chi connectivity index (χ3n) is 9.68. The first-order chi connectivity index (χ1) is 22.7. The Morgan fingerprint density at radius 2 is 1.77 bits per heavy atom. The Labute approximate surface area is 282 Å². The average Bonchev–Trinajstić information content (AvgIpc) is 3.52. The second-order valence-electron chi connectivity index (χ2n) is 12.3. The van der Waals surface area contributed by atoms with E-state index in [4.69, 9.17) is 32.7 Å². The van der Waals surface area contributed by atoms with Crippen LogP contribution in [0.2, 0.25) is 10.0 Å². The number of anilines is 2. The number of halogens is 3. The molecule has 3 amide bonds. The fourth-order valence-electron chi connectivity index (χ4n) is 7.73. The molecule has 0 radical (unpaired) electrons. The molecule has 4 N–H and O–H groups in total. The summed E-state index contributed by atoms with van der Waals surface area (Å²) in [6, 6.07) is 15.4. The first-order valence-corrected chi connectivity index (χ1v) is 16.6. The molecule has 248 valence electrons. The van der Waals surface area contributed by atoms with Crippen molar-refractivity contribution >= 4 is 52.3 Å². The monoisotopic (exact) mass is 682 g/mol. The minimum Gasteiger partial charge on any atom is -0.382 e. The van der Waals surface area contributed by atoms with E-state index in [1.54, 1.807) is 55.6 Å². The molecular formula is C35H37Cl2FN4O5. The molecule has 9 nitrogen and oxygen atoms in total. The van der Waals surface area contributed by atoms with Gasteiger partial charge in [-0.1, -0.05) is 60.7 Å². The number of fused-ring (bicyclic) bond motifs is 3. The summed E-state index contributed by atoms with van der Waals surface area (Å²) in [7, 11) is 1.59. The van der Waals surface area contributed by atoms with E-state index in [0.29, 0.717) is 66.7 Å². The van der Waals surface area contributed by atoms with Crippen molar-refractivity contribution in [1.29, 1.82) is 0 Å². The van der Waals surface area contributed by atoms with Gasteiger partial charge >= 0.3 is 0 Å². The Bertz CT molecular complexity index is 1670. The fraction of sp³-hybridized carbons (Fsp3) is 0.400. The summed E-state index contributed by atoms with van der Waals surface area (Å²) in [4.78, 5) is 41.4. The van der Waals surface area contributed by atoms with E-state index in [2.05, 4.69) is 21.3 Å². The Balaban J connectivity index is 1.33. The van der Waals surface area contributed by atoms with Gasteiger partial charge in [-0.3, -0.25) is 19.7 Å². The van der Waals surface area contributed by atoms with Gasteiger partial charge in [-0.15, -0.1) is 0 Å². The van der Waals surface area contributed by atoms with Gasteiger partial charge in [-0.25, -0.2) is 4.39 Å². The molecule has 0 aromatic heterocycles. The van der Waals surface area contributed by atoms with E-state index in [-0.39, 0.29) is 22.4 Å². The predicted octanol–water partition coefficient (Wildman–Crippen LogP) is 5.81. The summed E-state index contributed by atoms with van der Waals surface area (Å²) >= 11 is 12.7. The molecule has 47 heavy (non-hydrogen) atoms. The van der Waals surface area contributed by atoms with E-state index in [0.717, 1.165) is 19.3 Å². The second kappa shape index (κ2) is 13.9. The summed E-state index contributed by atoms with van der Waals surface area (Å²) in [5.41, 5.74) is 0.114. The van der Waals surface area contributed by atoms with E-state index in [1.165, 1.54) is 6.07 Å². The highest BCUT2D eigenvalue weighted by Gasteiger charge is 2.72. The van der Waals surface area contributed by atoms with Crippen molar-refractivity contribution in [3.05, 3.63) is 93.2 Å². The van der Waals surface area contributed by atoms with Gasteiger partial charge in [0.25, 0.3) is 5.91 Å². The minimum atomic E-state index is -1.32. The normalized spacial score (nSPS) is 22.7. The second-order valence-corrected chi connectivity index (χ2v) is 13.1. The lowest BCUT2D eigenvalue weighted by atomic mass is 9.55. The Morgan fingerprint density at radius 1 is 1.00 bits per heavy atom. The van der Waals surface area contributed by atoms with Gasteiger partial charge in [-0.05, 0) is 66.4 Å². The van der Waals surface area contributed by atoms with Crippen LogP contribution in [0.15, 0.2) is 60.7 Å². The Kier molecular flexibility index (Phi) is 9.87. The van der Waals surface area contributed by atoms with Crippen LogP contribution in [-0.4, -0.2) is 62.8 Å². The molecule has 3 aromatic carbocycles. The van der Waals surface area contributed by atoms with Crippen LogP contribution in [0, 0.1) is 5.82 Å². The largest absolute Gasteiger partial charge is 0.382 e. The van der Waals surface area contributed by atoms with Gasteiger partial charge in [0.05, 0.1) is 30.9 Å². The number of rotatable bonds is 10. The van der Waals surface area contributed by atoms with Gasteiger partial charge in [0.2, 0.25) is 11.8 Å². The van der Waals surface area contributed by atoms with Gasteiger partial charge in [0.1, 0.15) is 11.2 Å². The number of hydrogen-bond acceptors (Lipinski definition) is 6. The number of carbonyl (C=O) groups excluding carboxylic acids is 3. The van der Waals surface area contributed by atoms with Crippen LogP contribution in [0.4, 0.5) is 15.8 Å². The van der Waals surface area contributed by atoms with Crippen molar-refractivity contribution in [1.82, 2.24) is 10.6 Å². The van der Waals surface area contributed by atoms with E-state index >= 15 is 4.39 Å². The summed E-state index contributed by atoms with van der Waals surface area (Å²) < 4.78 is 26.4. The maximum atomic E-state index is 16.1. The highest BCUT2D eigenvalue weighted by molar-refractivity contribution is 6.31. The minimum absolute atomic E-state index is 0.0912. The molecule has 3 aromatic rings. The van der Waals surface area contributed by atoms with E-state index < -0.39 is 34.6 Å². The van der Waals surface area contributed by atoms with Gasteiger partial charge in [-0.2, -0.15) is 0 Å². The zero-order chi connectivity index (χ0) is 33.2. The molecule has 1 saturated carbocycles. The number of methoxy groups -OCH3 is 1. The number of hydrogen-bond donors (Lipinski definition) is 4. The highest BCUT2D eigenvalue weighted by Crippen LogP contribution is 2.62. The lowest BCUT2D eigenvalue weighted by Gasteiger charge is -2.47. The van der Waals surface area contributed by atoms with Gasteiger partial charge in [0, 0.05) is 47.1 Å². The topological polar surface area (TPSA) is 118 Å². The number of ether oxygens (including phenoxy) is 2. The zero-order valence-corrected chi connectivity index (χ0v) is 27.5. The summed E-state index contributed by atoms with van der Waals surface area (Å²) in [6.45, 7) is 1.60. The predicted molar refractivity (Wildman–Crippen MR) is 179 cm³/mol. The first kappa shape index (κ1) is 33.4. The molecule has 12 heteroatoms. The third-order valence-corrected chi connectivity index (χ3v) is 10.2. The molecule has 2 spiro atoms. The summed E-state index contributed by atoms with van der Waals surface area (Å²) in [5, 5.41) is 12.8. The molecule has 1 aliphatic carbocycles. The van der Waals surface area contributed by atoms with Crippen molar-refractivity contribution < 1.29 is 28.2 Å². The molecule has 2 fully saturated rings. The SMILES string of the molecule is COCCOCCNC(=O)c1ccc(NC(=O)[C@@H]2NC3(CCCCC3)[C@@]3(C(=O)Nc4cc(Cl)ccc43)[C@H]2c2cccc(Cl)c2F)cc1. The lowest BCUT2D eigenvalue weighted by molar-refractivity contribution is -0.124. The molecule has 0 bridgehead atoms. The zero-order valence-electron chi connectivity index (χ0n) is 26.0. The van der Waals surface area contributed by atoms with Crippen LogP contribution in [0.5, 0.6) is 0 Å². The van der Waals surface area contributed by atoms with Crippen molar-refractivity contribution in [2.75, 3.05) is 44.1 Å². The van der Waals surface area contributed by atoms with Crippen LogP contribution >= 0.6 is 23.2 Å². The van der Waals surface area contributed by atoms with Crippen LogP contribution < -0.4 is 21.3 Å². The van der Waals surface area contributed by atoms with Crippen molar-refractivity contribution in [2.45, 2.75) is 55.0 Å². The van der Waals surface area contributed by atoms with Crippen molar-refractivity contribution in [3.8, 4) is 0 Å². The first-order valence-electron chi connectivity index (χ1n) is 15.8. The fourth-order valence-corrected chi connectivity index (χ4v) is 8.08. The number of carbonyl (C=O) groups is 3. The maximum absolute atomic E-state index is 16.1. The highest BCUT2D eigenvalue weighted by atomic mass is 35.5.